The summed E-state index contributed by atoms with van der Waals surface area (Å²) in [6, 6.07) is 0. The van der Waals surface area contributed by atoms with Crippen LogP contribution in [0.3, 0.4) is 0 Å². The number of hydrogen-bond donors (Lipinski definition) is 0. The summed E-state index contributed by atoms with van der Waals surface area (Å²) in [5, 5.41) is 0. The smallest absolute Gasteiger partial charge is 0.208 e. The van der Waals surface area contributed by atoms with Gasteiger partial charge in [0, 0.05) is 0 Å². The monoisotopic (exact) mass is 98.1 g/mol. The van der Waals surface area contributed by atoms with E-state index in [4.69, 9.17) is 4.42 Å². The lowest BCUT2D eigenvalue weighted by atomic mass is 9.87. The van der Waals surface area contributed by atoms with Crippen molar-refractivity contribution in [1.29, 1.82) is 0 Å². The fraction of sp³-hybridized carbons (Fsp3) is 0.833. The van der Waals surface area contributed by atoms with Gasteiger partial charge < -0.3 is 4.42 Å². The molecule has 1 heteroatoms. The second-order valence-electron chi connectivity index (χ2n) is 1.95. The molecular formula is C6H10O. The first-order valence-corrected chi connectivity index (χ1v) is 2.72. The quantitative estimate of drug-likeness (QED) is 0.343. The molecular weight excluding hydrogens is 88.1 g/mol. The minimum Gasteiger partial charge on any atom is -0.459 e. The molecule has 40 valence electrons. The Balaban J connectivity index is 2.14. The molecule has 0 aliphatic heterocycles. The topological polar surface area (TPSA) is 11.3 Å². The molecule has 0 radical (unpaired) electrons. The van der Waals surface area contributed by atoms with Crippen LogP contribution < -0.4 is 0 Å². The number of hydrogen-bond acceptors (Lipinski definition) is 0. The summed E-state index contributed by atoms with van der Waals surface area (Å²) in [7, 11) is 1.66. The van der Waals surface area contributed by atoms with Crippen LogP contribution in [0.15, 0.2) is 0 Å². The minimum absolute atomic E-state index is 0.657. The zero-order valence-corrected chi connectivity index (χ0v) is 4.61. The summed E-state index contributed by atoms with van der Waals surface area (Å²) in [6.07, 6.45) is 6.82. The second kappa shape index (κ2) is 2.10. The first kappa shape index (κ1) is 4.82. The van der Waals surface area contributed by atoms with Crippen LogP contribution in [0.25, 0.3) is 0 Å². The third-order valence-corrected chi connectivity index (χ3v) is 1.39. The molecule has 0 N–H and O–H groups in total. The van der Waals surface area contributed by atoms with E-state index < -0.39 is 0 Å². The predicted octanol–water partition coefficient (Wildman–Crippen LogP) is 1.06. The molecule has 0 saturated heterocycles. The molecule has 1 aliphatic rings. The molecule has 0 aromatic heterocycles. The van der Waals surface area contributed by atoms with E-state index in [1.807, 2.05) is 0 Å². The standard InChI is InChI=1S/C6H10O/c1-7-5-6-3-2-4-6/h6H,2-4H2,1H3. The zero-order valence-electron chi connectivity index (χ0n) is 4.61. The molecule has 0 bridgehead atoms. The molecule has 1 nitrogen and oxygen atoms in total. The van der Waals surface area contributed by atoms with E-state index in [2.05, 4.69) is 6.29 Å². The van der Waals surface area contributed by atoms with Crippen molar-refractivity contribution in [1.82, 2.24) is 0 Å². The van der Waals surface area contributed by atoms with Gasteiger partial charge in [-0.3, -0.25) is 0 Å². The molecule has 7 heavy (non-hydrogen) atoms. The van der Waals surface area contributed by atoms with Crippen molar-refractivity contribution in [3.8, 4) is 0 Å². The molecule has 0 unspecified atom stereocenters. The lowest BCUT2D eigenvalue weighted by Gasteiger charge is -2.23. The lowest BCUT2D eigenvalue weighted by Crippen LogP contribution is -2.12. The van der Waals surface area contributed by atoms with Crippen molar-refractivity contribution in [3.05, 3.63) is 0 Å². The van der Waals surface area contributed by atoms with E-state index in [1.54, 1.807) is 7.11 Å². The van der Waals surface area contributed by atoms with E-state index in [0.717, 1.165) is 0 Å². The normalized spacial score (nSPS) is 23.0. The van der Waals surface area contributed by atoms with Crippen molar-refractivity contribution < 1.29 is 4.42 Å². The summed E-state index contributed by atoms with van der Waals surface area (Å²) in [4.78, 5) is 0. The van der Waals surface area contributed by atoms with Crippen LogP contribution >= 0.6 is 0 Å². The van der Waals surface area contributed by atoms with Gasteiger partial charge in [-0.1, -0.05) is 25.2 Å². The van der Waals surface area contributed by atoms with E-state index in [1.165, 1.54) is 19.3 Å². The Labute approximate surface area is 44.0 Å². The van der Waals surface area contributed by atoms with E-state index >= 15 is 0 Å². The highest BCUT2D eigenvalue weighted by Gasteiger charge is 2.09. The highest BCUT2D eigenvalue weighted by Crippen LogP contribution is 2.23. The summed E-state index contributed by atoms with van der Waals surface area (Å²) in [6.45, 7) is 0. The van der Waals surface area contributed by atoms with Gasteiger partial charge in [0.15, 0.2) is 0 Å². The average molecular weight is 98.1 g/mol. The fourth-order valence-electron chi connectivity index (χ4n) is 0.693. The Hall–Kier alpha value is -0.330. The molecule has 1 fully saturated rings. The Morgan fingerprint density at radius 1 is 1.57 bits per heavy atom. The molecule has 1 saturated carbocycles. The molecule has 0 amide bonds. The maximum absolute atomic E-state index is 4.70. The van der Waals surface area contributed by atoms with Crippen LogP contribution in [0, 0.1) is 5.92 Å². The largest absolute Gasteiger partial charge is 0.459 e. The van der Waals surface area contributed by atoms with Gasteiger partial charge in [0.05, 0.1) is 0 Å². The van der Waals surface area contributed by atoms with Crippen molar-refractivity contribution in [2.24, 2.45) is 5.92 Å². The summed E-state index contributed by atoms with van der Waals surface area (Å²) >= 11 is 0. The van der Waals surface area contributed by atoms with Crippen LogP contribution in [0.5, 0.6) is 0 Å². The van der Waals surface area contributed by atoms with Crippen molar-refractivity contribution >= 4 is 6.29 Å². The van der Waals surface area contributed by atoms with Gasteiger partial charge in [0.2, 0.25) is 7.11 Å². The van der Waals surface area contributed by atoms with Crippen LogP contribution in [-0.2, 0) is 4.42 Å². The highest BCUT2D eigenvalue weighted by atomic mass is 16.4. The van der Waals surface area contributed by atoms with Gasteiger partial charge >= 0.3 is 0 Å². The maximum Gasteiger partial charge on any atom is 0.208 e. The van der Waals surface area contributed by atoms with Crippen molar-refractivity contribution in [3.63, 3.8) is 0 Å². The van der Waals surface area contributed by atoms with Gasteiger partial charge in [-0.25, -0.2) is 0 Å². The van der Waals surface area contributed by atoms with Gasteiger partial charge in [0.25, 0.3) is 0 Å². The Morgan fingerprint density at radius 3 is 2.43 bits per heavy atom. The molecule has 1 aliphatic carbocycles. The lowest BCUT2D eigenvalue weighted by molar-refractivity contribution is 0.167. The number of rotatable bonds is 1. The summed E-state index contributed by atoms with van der Waals surface area (Å²) in [5.41, 5.74) is 0. The van der Waals surface area contributed by atoms with Crippen molar-refractivity contribution in [2.45, 2.75) is 19.3 Å². The third kappa shape index (κ3) is 1.02. The molecule has 1 rings (SSSR count). The Morgan fingerprint density at radius 2 is 2.29 bits per heavy atom. The molecule has 0 spiro atoms. The highest BCUT2D eigenvalue weighted by molar-refractivity contribution is 5.56. The van der Waals surface area contributed by atoms with Crippen LogP contribution in [-0.4, -0.2) is 13.4 Å². The third-order valence-electron chi connectivity index (χ3n) is 1.39. The first-order valence-electron chi connectivity index (χ1n) is 2.72. The second-order valence-corrected chi connectivity index (χ2v) is 1.95. The Kier molecular flexibility index (Phi) is 1.45. The molecule has 0 aromatic carbocycles. The van der Waals surface area contributed by atoms with Crippen LogP contribution in [0.1, 0.15) is 19.3 Å². The van der Waals surface area contributed by atoms with Crippen molar-refractivity contribution in [2.75, 3.05) is 7.11 Å². The van der Waals surface area contributed by atoms with Gasteiger partial charge in [-0.15, -0.1) is 0 Å². The SMILES string of the molecule is C[O+]=[C-]C1CCC1. The predicted molar refractivity (Wildman–Crippen MR) is 29.0 cm³/mol. The van der Waals surface area contributed by atoms with E-state index in [0.29, 0.717) is 5.92 Å². The van der Waals surface area contributed by atoms with Crippen LogP contribution in [0.2, 0.25) is 0 Å². The van der Waals surface area contributed by atoms with E-state index in [9.17, 15) is 0 Å². The average Bonchev–Trinajstić information content (AvgIpc) is 1.55. The van der Waals surface area contributed by atoms with Crippen LogP contribution in [0.4, 0.5) is 0 Å². The first-order chi connectivity index (χ1) is 3.43. The van der Waals surface area contributed by atoms with E-state index in [-0.39, 0.29) is 0 Å². The molecule has 0 atom stereocenters. The zero-order chi connectivity index (χ0) is 5.11. The van der Waals surface area contributed by atoms with Gasteiger partial charge in [-0.05, 0) is 6.29 Å². The fourth-order valence-corrected chi connectivity index (χ4v) is 0.693. The van der Waals surface area contributed by atoms with Gasteiger partial charge in [0.1, 0.15) is 0 Å². The van der Waals surface area contributed by atoms with Gasteiger partial charge in [-0.2, -0.15) is 0 Å². The Bertz CT molecular complexity index is 72.2. The molecule has 0 aromatic rings. The maximum atomic E-state index is 4.70. The summed E-state index contributed by atoms with van der Waals surface area (Å²) in [5.74, 6) is 0.657. The molecule has 0 heterocycles. The minimum atomic E-state index is 0.657. The number of carbonyl (C=O) groups excluding carboxylic acids is 1. The summed E-state index contributed by atoms with van der Waals surface area (Å²) < 4.78 is 4.70.